The zero-order chi connectivity index (χ0) is 26.0. The van der Waals surface area contributed by atoms with Crippen molar-refractivity contribution in [2.45, 2.75) is 81.3 Å². The molecule has 2 heterocycles. The summed E-state index contributed by atoms with van der Waals surface area (Å²) in [4.78, 5) is 41.8. The average Bonchev–Trinajstić information content (AvgIpc) is 2.82. The maximum Gasteiger partial charge on any atom is 0.377 e. The predicted octanol–water partition coefficient (Wildman–Crippen LogP) is 4.29. The molecular formula is C28H35NO6S. The number of ether oxygens (including phenoxy) is 2. The lowest BCUT2D eigenvalue weighted by molar-refractivity contribution is -0.170. The van der Waals surface area contributed by atoms with Crippen LogP contribution in [0.3, 0.4) is 0 Å². The van der Waals surface area contributed by atoms with Gasteiger partial charge >= 0.3 is 11.9 Å². The average molecular weight is 514 g/mol. The quantitative estimate of drug-likeness (QED) is 0.327. The fraction of sp³-hybridized carbons (Fsp3) is 0.571. The Kier molecular flexibility index (Phi) is 8.05. The summed E-state index contributed by atoms with van der Waals surface area (Å²) in [5.41, 5.74) is 1.19. The van der Waals surface area contributed by atoms with Gasteiger partial charge in [0.05, 0.1) is 0 Å². The third-order valence-corrected chi connectivity index (χ3v) is 8.64. The minimum Gasteiger partial charge on any atom is -0.461 e. The van der Waals surface area contributed by atoms with Crippen LogP contribution >= 0.6 is 11.8 Å². The molecule has 194 valence electrons. The Morgan fingerprint density at radius 3 is 2.61 bits per heavy atom. The molecule has 0 amide bonds. The van der Waals surface area contributed by atoms with Gasteiger partial charge in [-0.1, -0.05) is 32.1 Å². The second-order valence-corrected chi connectivity index (χ2v) is 12.4. The molecule has 7 atom stereocenters. The van der Waals surface area contributed by atoms with Gasteiger partial charge in [-0.3, -0.25) is 14.6 Å². The number of pyridine rings is 1. The molecule has 0 bridgehead atoms. The lowest BCUT2D eigenvalue weighted by atomic mass is 9.65. The highest BCUT2D eigenvalue weighted by Gasteiger charge is 2.44. The van der Waals surface area contributed by atoms with E-state index in [4.69, 9.17) is 9.47 Å². The van der Waals surface area contributed by atoms with Crippen molar-refractivity contribution in [1.82, 2.24) is 4.98 Å². The summed E-state index contributed by atoms with van der Waals surface area (Å²) < 4.78 is 10.8. The first kappa shape index (κ1) is 26.6. The highest BCUT2D eigenvalue weighted by atomic mass is 32.2. The van der Waals surface area contributed by atoms with E-state index in [9.17, 15) is 19.5 Å². The molecule has 36 heavy (non-hydrogen) atoms. The first-order chi connectivity index (χ1) is 17.0. The zero-order valence-corrected chi connectivity index (χ0v) is 22.1. The van der Waals surface area contributed by atoms with E-state index in [2.05, 4.69) is 37.1 Å². The van der Waals surface area contributed by atoms with Crippen LogP contribution in [0.4, 0.5) is 0 Å². The molecule has 3 aliphatic rings. The Morgan fingerprint density at radius 1 is 1.19 bits per heavy atom. The molecular weight excluding hydrogens is 478 g/mol. The minimum absolute atomic E-state index is 0.0396. The number of allylic oxidation sites excluding steroid dienone is 3. The van der Waals surface area contributed by atoms with Crippen molar-refractivity contribution in [2.75, 3.05) is 0 Å². The standard InChI is InChI=1S/C28H35NO6S/c1-16-13-18-6-5-17(2)21(8-7-19-15-22(30)25(31)26(32)34-19)24(18)23(14-16)35-27(33)28(3,4)36-20-9-11-29-12-10-20/h5-6,9-13,16-17,19,21-24,30H,7-8,14-15H2,1-4H3/t16-,17-,19+,21-,22+,23-,24-/m0/s1. The lowest BCUT2D eigenvalue weighted by Crippen LogP contribution is -2.44. The van der Waals surface area contributed by atoms with Crippen LogP contribution in [0.15, 0.2) is 53.2 Å². The van der Waals surface area contributed by atoms with Gasteiger partial charge in [-0.05, 0) is 68.6 Å². The number of carbonyl (C=O) groups excluding carboxylic acids is 3. The monoisotopic (exact) mass is 513 g/mol. The molecule has 0 unspecified atom stereocenters. The van der Waals surface area contributed by atoms with Crippen molar-refractivity contribution < 1.29 is 29.0 Å². The number of esters is 2. The van der Waals surface area contributed by atoms with E-state index in [1.165, 1.54) is 17.3 Å². The van der Waals surface area contributed by atoms with Crippen molar-refractivity contribution in [3.05, 3.63) is 48.3 Å². The summed E-state index contributed by atoms with van der Waals surface area (Å²) in [5, 5.41) is 9.91. The van der Waals surface area contributed by atoms with Gasteiger partial charge in [0.15, 0.2) is 0 Å². The second-order valence-electron chi connectivity index (χ2n) is 10.7. The summed E-state index contributed by atoms with van der Waals surface area (Å²) in [7, 11) is 0. The van der Waals surface area contributed by atoms with E-state index in [1.807, 2.05) is 26.0 Å². The normalized spacial score (nSPS) is 32.4. The van der Waals surface area contributed by atoms with Gasteiger partial charge in [-0.15, -0.1) is 11.8 Å². The molecule has 4 rings (SSSR count). The fourth-order valence-corrected chi connectivity index (χ4v) is 6.53. The van der Waals surface area contributed by atoms with Crippen LogP contribution in [0.25, 0.3) is 0 Å². The SMILES string of the molecule is C[C@H]1C=C2C=C[C@H](C)[C@H](CC[C@@H]3C[C@@H](O)C(=O)C(=O)O3)[C@H]2[C@@H](OC(=O)C(C)(C)Sc2ccncc2)C1. The number of thioether (sulfide) groups is 1. The Balaban J connectivity index is 1.48. The van der Waals surface area contributed by atoms with Crippen LogP contribution < -0.4 is 0 Å². The molecule has 0 spiro atoms. The molecule has 1 aromatic heterocycles. The Hall–Kier alpha value is -2.45. The molecule has 1 aliphatic heterocycles. The number of carbonyl (C=O) groups is 3. The van der Waals surface area contributed by atoms with E-state index >= 15 is 0 Å². The van der Waals surface area contributed by atoms with E-state index in [0.717, 1.165) is 17.7 Å². The third-order valence-electron chi connectivity index (χ3n) is 7.45. The topological polar surface area (TPSA) is 103 Å². The Morgan fingerprint density at radius 2 is 1.92 bits per heavy atom. The number of aliphatic hydroxyl groups is 1. The van der Waals surface area contributed by atoms with E-state index in [1.54, 1.807) is 12.4 Å². The van der Waals surface area contributed by atoms with Gasteiger partial charge in [0.1, 0.15) is 23.1 Å². The lowest BCUT2D eigenvalue weighted by Gasteiger charge is -2.44. The minimum atomic E-state index is -1.29. The van der Waals surface area contributed by atoms with Crippen LogP contribution in [0, 0.1) is 23.7 Å². The Bertz CT molecular complexity index is 1050. The molecule has 0 radical (unpaired) electrons. The Labute approximate surface area is 216 Å². The predicted molar refractivity (Wildman–Crippen MR) is 136 cm³/mol. The zero-order valence-electron chi connectivity index (χ0n) is 21.3. The number of Topliss-reactive ketones (excluding diaryl/α,β-unsaturated/α-hetero) is 1. The number of aliphatic hydroxyl groups excluding tert-OH is 1. The number of cyclic esters (lactones) is 1. The van der Waals surface area contributed by atoms with Crippen molar-refractivity contribution in [3.63, 3.8) is 0 Å². The smallest absolute Gasteiger partial charge is 0.377 e. The van der Waals surface area contributed by atoms with Crippen LogP contribution in [0.1, 0.15) is 53.4 Å². The van der Waals surface area contributed by atoms with Crippen LogP contribution in [0.2, 0.25) is 0 Å². The van der Waals surface area contributed by atoms with Gasteiger partial charge in [-0.2, -0.15) is 0 Å². The molecule has 0 saturated carbocycles. The van der Waals surface area contributed by atoms with Crippen molar-refractivity contribution >= 4 is 29.5 Å². The summed E-state index contributed by atoms with van der Waals surface area (Å²) in [5.74, 6) is -1.33. The van der Waals surface area contributed by atoms with Crippen LogP contribution in [-0.2, 0) is 23.9 Å². The van der Waals surface area contributed by atoms with Gasteiger partial charge in [0, 0.05) is 29.6 Å². The number of hydrogen-bond donors (Lipinski definition) is 1. The third kappa shape index (κ3) is 5.92. The largest absolute Gasteiger partial charge is 0.461 e. The maximum absolute atomic E-state index is 13.4. The number of nitrogens with zero attached hydrogens (tertiary/aromatic N) is 1. The summed E-state index contributed by atoms with van der Waals surface area (Å²) in [6.07, 6.45) is 10.1. The highest BCUT2D eigenvalue weighted by Crippen LogP contribution is 2.46. The highest BCUT2D eigenvalue weighted by molar-refractivity contribution is 8.01. The van der Waals surface area contributed by atoms with E-state index in [-0.39, 0.29) is 42.2 Å². The first-order valence-electron chi connectivity index (χ1n) is 12.7. The number of ketones is 1. The van der Waals surface area contributed by atoms with Gasteiger partial charge in [0.2, 0.25) is 0 Å². The van der Waals surface area contributed by atoms with Gasteiger partial charge in [-0.25, -0.2) is 4.79 Å². The summed E-state index contributed by atoms with van der Waals surface area (Å²) in [6, 6.07) is 3.77. The molecule has 1 aromatic rings. The molecule has 8 heteroatoms. The molecule has 7 nitrogen and oxygen atoms in total. The molecule has 1 fully saturated rings. The number of fused-ring (bicyclic) bond motifs is 1. The van der Waals surface area contributed by atoms with E-state index < -0.39 is 28.7 Å². The summed E-state index contributed by atoms with van der Waals surface area (Å²) >= 11 is 1.46. The number of aromatic nitrogens is 1. The molecule has 0 aromatic carbocycles. The van der Waals surface area contributed by atoms with E-state index in [0.29, 0.717) is 6.42 Å². The first-order valence-corrected chi connectivity index (χ1v) is 13.5. The summed E-state index contributed by atoms with van der Waals surface area (Å²) in [6.45, 7) is 8.06. The second kappa shape index (κ2) is 10.9. The van der Waals surface area contributed by atoms with Crippen molar-refractivity contribution in [2.24, 2.45) is 23.7 Å². The van der Waals surface area contributed by atoms with Gasteiger partial charge < -0.3 is 14.6 Å². The van der Waals surface area contributed by atoms with Crippen molar-refractivity contribution in [1.29, 1.82) is 0 Å². The molecule has 2 aliphatic carbocycles. The van der Waals surface area contributed by atoms with Gasteiger partial charge in [0.25, 0.3) is 5.78 Å². The maximum atomic E-state index is 13.4. The molecule has 1 saturated heterocycles. The van der Waals surface area contributed by atoms with Crippen LogP contribution in [0.5, 0.6) is 0 Å². The van der Waals surface area contributed by atoms with Crippen LogP contribution in [-0.4, -0.2) is 50.9 Å². The molecule has 1 N–H and O–H groups in total. The fourth-order valence-electron chi connectivity index (χ4n) is 5.55. The number of hydrogen-bond acceptors (Lipinski definition) is 8. The number of rotatable bonds is 7. The van der Waals surface area contributed by atoms with Crippen molar-refractivity contribution in [3.8, 4) is 0 Å².